The van der Waals surface area contributed by atoms with E-state index < -0.39 is 0 Å². The first-order valence-corrected chi connectivity index (χ1v) is 5.90. The van der Waals surface area contributed by atoms with Crippen LogP contribution in [-0.2, 0) is 13.5 Å². The van der Waals surface area contributed by atoms with Crippen LogP contribution in [0.3, 0.4) is 0 Å². The molecule has 0 saturated carbocycles. The summed E-state index contributed by atoms with van der Waals surface area (Å²) in [7, 11) is 1.97. The van der Waals surface area contributed by atoms with Crippen molar-refractivity contribution in [2.45, 2.75) is 32.8 Å². The third-order valence-corrected chi connectivity index (χ3v) is 3.21. The van der Waals surface area contributed by atoms with Gasteiger partial charge in [-0.2, -0.15) is 0 Å². The number of hydrogen-bond acceptors (Lipinski definition) is 3. The van der Waals surface area contributed by atoms with Crippen LogP contribution in [-0.4, -0.2) is 27.3 Å². The van der Waals surface area contributed by atoms with Gasteiger partial charge in [0.15, 0.2) is 0 Å². The topological polar surface area (TPSA) is 64.1 Å². The minimum absolute atomic E-state index is 0.181. The molecule has 4 nitrogen and oxygen atoms in total. The standard InChI is InChI=1S/C12H23N3O/c1-9(2)10(8-13)11(16)4-5-12-14-6-7-15(12)3/h6-7,9-11,16H,4-5,8,13H2,1-3H3. The molecule has 0 aliphatic heterocycles. The van der Waals surface area contributed by atoms with Crippen LogP contribution >= 0.6 is 0 Å². The Morgan fingerprint density at radius 3 is 2.62 bits per heavy atom. The van der Waals surface area contributed by atoms with Crippen molar-refractivity contribution in [2.75, 3.05) is 6.54 Å². The van der Waals surface area contributed by atoms with E-state index in [0.29, 0.717) is 12.5 Å². The minimum Gasteiger partial charge on any atom is -0.393 e. The van der Waals surface area contributed by atoms with E-state index in [2.05, 4.69) is 18.8 Å². The molecule has 0 bridgehead atoms. The van der Waals surface area contributed by atoms with Crippen LogP contribution in [0.4, 0.5) is 0 Å². The van der Waals surface area contributed by atoms with Gasteiger partial charge in [0.05, 0.1) is 6.10 Å². The predicted octanol–water partition coefficient (Wildman–Crippen LogP) is 0.944. The van der Waals surface area contributed by atoms with Crippen LogP contribution in [0.15, 0.2) is 12.4 Å². The molecule has 1 rings (SSSR count). The molecular formula is C12H23N3O. The first-order valence-electron chi connectivity index (χ1n) is 5.90. The SMILES string of the molecule is CC(C)C(CN)C(O)CCc1nccn1C. The van der Waals surface area contributed by atoms with Gasteiger partial charge in [0.25, 0.3) is 0 Å². The summed E-state index contributed by atoms with van der Waals surface area (Å²) in [6.07, 6.45) is 4.90. The number of rotatable bonds is 6. The average molecular weight is 225 g/mol. The normalized spacial score (nSPS) is 15.4. The highest BCUT2D eigenvalue weighted by atomic mass is 16.3. The zero-order chi connectivity index (χ0) is 12.1. The molecule has 92 valence electrons. The number of nitrogens with two attached hydrogens (primary N) is 1. The van der Waals surface area contributed by atoms with Gasteiger partial charge in [0.1, 0.15) is 5.82 Å². The van der Waals surface area contributed by atoms with E-state index in [1.165, 1.54) is 0 Å². The fourth-order valence-electron chi connectivity index (χ4n) is 2.00. The number of imidazole rings is 1. The predicted molar refractivity (Wildman–Crippen MR) is 64.9 cm³/mol. The second-order valence-electron chi connectivity index (χ2n) is 4.70. The first kappa shape index (κ1) is 13.2. The van der Waals surface area contributed by atoms with Gasteiger partial charge in [0.2, 0.25) is 0 Å². The molecule has 1 aromatic heterocycles. The fourth-order valence-corrected chi connectivity index (χ4v) is 2.00. The fraction of sp³-hybridized carbons (Fsp3) is 0.750. The number of aryl methyl sites for hydroxylation is 2. The smallest absolute Gasteiger partial charge is 0.108 e. The Kier molecular flexibility index (Phi) is 4.96. The lowest BCUT2D eigenvalue weighted by Crippen LogP contribution is -2.32. The lowest BCUT2D eigenvalue weighted by atomic mass is 9.88. The van der Waals surface area contributed by atoms with Crippen molar-refractivity contribution in [1.29, 1.82) is 0 Å². The average Bonchev–Trinajstić information content (AvgIpc) is 2.61. The zero-order valence-corrected chi connectivity index (χ0v) is 10.4. The molecule has 0 aliphatic rings. The van der Waals surface area contributed by atoms with E-state index in [9.17, 15) is 5.11 Å². The van der Waals surface area contributed by atoms with E-state index in [1.807, 2.05) is 17.8 Å². The Balaban J connectivity index is 2.46. The van der Waals surface area contributed by atoms with Crippen molar-refractivity contribution < 1.29 is 5.11 Å². The van der Waals surface area contributed by atoms with E-state index >= 15 is 0 Å². The van der Waals surface area contributed by atoms with Gasteiger partial charge in [-0.25, -0.2) is 4.98 Å². The molecule has 0 aliphatic carbocycles. The van der Waals surface area contributed by atoms with E-state index in [1.54, 1.807) is 6.20 Å². The summed E-state index contributed by atoms with van der Waals surface area (Å²) in [5.74, 6) is 1.61. The van der Waals surface area contributed by atoms with Crippen LogP contribution < -0.4 is 5.73 Å². The Labute approximate surface area is 97.5 Å². The van der Waals surface area contributed by atoms with Crippen molar-refractivity contribution in [3.05, 3.63) is 18.2 Å². The molecule has 4 heteroatoms. The number of hydrogen-bond donors (Lipinski definition) is 2. The van der Waals surface area contributed by atoms with Crippen LogP contribution in [0.1, 0.15) is 26.1 Å². The van der Waals surface area contributed by atoms with Gasteiger partial charge in [-0.05, 0) is 24.8 Å². The van der Waals surface area contributed by atoms with Crippen LogP contribution in [0, 0.1) is 11.8 Å². The third kappa shape index (κ3) is 3.32. The largest absolute Gasteiger partial charge is 0.393 e. The van der Waals surface area contributed by atoms with Gasteiger partial charge in [0, 0.05) is 25.9 Å². The van der Waals surface area contributed by atoms with Gasteiger partial charge < -0.3 is 15.4 Å². The molecule has 16 heavy (non-hydrogen) atoms. The molecule has 2 unspecified atom stereocenters. The van der Waals surface area contributed by atoms with E-state index in [-0.39, 0.29) is 12.0 Å². The van der Waals surface area contributed by atoms with Gasteiger partial charge >= 0.3 is 0 Å². The second kappa shape index (κ2) is 6.01. The van der Waals surface area contributed by atoms with Crippen molar-refractivity contribution in [3.8, 4) is 0 Å². The summed E-state index contributed by atoms with van der Waals surface area (Å²) in [6, 6.07) is 0. The lowest BCUT2D eigenvalue weighted by Gasteiger charge is -2.24. The quantitative estimate of drug-likeness (QED) is 0.757. The molecule has 3 N–H and O–H groups in total. The number of nitrogens with zero attached hydrogens (tertiary/aromatic N) is 2. The molecule has 0 spiro atoms. The Morgan fingerprint density at radius 2 is 2.19 bits per heavy atom. The highest BCUT2D eigenvalue weighted by molar-refractivity contribution is 4.92. The monoisotopic (exact) mass is 225 g/mol. The minimum atomic E-state index is -0.332. The summed E-state index contributed by atoms with van der Waals surface area (Å²) >= 11 is 0. The maximum Gasteiger partial charge on any atom is 0.108 e. The third-order valence-electron chi connectivity index (χ3n) is 3.21. The molecule has 1 heterocycles. The van der Waals surface area contributed by atoms with Crippen molar-refractivity contribution >= 4 is 0 Å². The summed E-state index contributed by atoms with van der Waals surface area (Å²) in [6.45, 7) is 4.74. The molecule has 0 radical (unpaired) electrons. The molecule has 0 saturated heterocycles. The summed E-state index contributed by atoms with van der Waals surface area (Å²) in [5.41, 5.74) is 5.67. The molecule has 0 amide bonds. The summed E-state index contributed by atoms with van der Waals surface area (Å²) in [4.78, 5) is 4.24. The summed E-state index contributed by atoms with van der Waals surface area (Å²) < 4.78 is 1.99. The van der Waals surface area contributed by atoms with Crippen LogP contribution in [0.5, 0.6) is 0 Å². The number of aliphatic hydroxyl groups is 1. The van der Waals surface area contributed by atoms with Crippen LogP contribution in [0.25, 0.3) is 0 Å². The highest BCUT2D eigenvalue weighted by Gasteiger charge is 2.21. The molecule has 0 aromatic carbocycles. The van der Waals surface area contributed by atoms with E-state index in [4.69, 9.17) is 5.73 Å². The van der Waals surface area contributed by atoms with Gasteiger partial charge in [-0.1, -0.05) is 13.8 Å². The van der Waals surface area contributed by atoms with Gasteiger partial charge in [-0.3, -0.25) is 0 Å². The molecule has 2 atom stereocenters. The maximum atomic E-state index is 10.1. The zero-order valence-electron chi connectivity index (χ0n) is 10.4. The van der Waals surface area contributed by atoms with Crippen molar-refractivity contribution in [2.24, 2.45) is 24.6 Å². The maximum absolute atomic E-state index is 10.1. The number of aromatic nitrogens is 2. The van der Waals surface area contributed by atoms with Gasteiger partial charge in [-0.15, -0.1) is 0 Å². The lowest BCUT2D eigenvalue weighted by molar-refractivity contribution is 0.0780. The second-order valence-corrected chi connectivity index (χ2v) is 4.70. The van der Waals surface area contributed by atoms with Crippen molar-refractivity contribution in [1.82, 2.24) is 9.55 Å². The summed E-state index contributed by atoms with van der Waals surface area (Å²) in [5, 5.41) is 10.1. The molecule has 0 fully saturated rings. The Morgan fingerprint density at radius 1 is 1.50 bits per heavy atom. The first-order chi connectivity index (χ1) is 7.56. The Hall–Kier alpha value is -0.870. The van der Waals surface area contributed by atoms with E-state index in [0.717, 1.165) is 18.7 Å². The highest BCUT2D eigenvalue weighted by Crippen LogP contribution is 2.17. The molecule has 1 aromatic rings. The molecular weight excluding hydrogens is 202 g/mol. The van der Waals surface area contributed by atoms with Crippen LogP contribution in [0.2, 0.25) is 0 Å². The number of aliphatic hydroxyl groups excluding tert-OH is 1. The van der Waals surface area contributed by atoms with Crippen molar-refractivity contribution in [3.63, 3.8) is 0 Å². The Bertz CT molecular complexity index is 309.